The molecular weight excluding hydrogens is 93.6 g/mol. The Morgan fingerprint density at radius 1 is 1.71 bits per heavy atom. The number of rotatable bonds is 4. The van der Waals surface area contributed by atoms with Gasteiger partial charge in [-0.25, -0.2) is 0 Å². The summed E-state index contributed by atoms with van der Waals surface area (Å²) in [7, 11) is 1.97. The van der Waals surface area contributed by atoms with E-state index in [-0.39, 0.29) is 6.51 Å². The summed E-state index contributed by atoms with van der Waals surface area (Å²) in [5.74, 6) is 0. The molecule has 7 heavy (non-hydrogen) atoms. The van der Waals surface area contributed by atoms with Gasteiger partial charge in [0.15, 0.2) is 0 Å². The van der Waals surface area contributed by atoms with E-state index in [4.69, 9.17) is 0 Å². The van der Waals surface area contributed by atoms with Crippen LogP contribution in [0.5, 0.6) is 0 Å². The van der Waals surface area contributed by atoms with Crippen LogP contribution in [0, 0.1) is 0 Å². The van der Waals surface area contributed by atoms with Crippen molar-refractivity contribution < 1.29 is 14.4 Å². The van der Waals surface area contributed by atoms with Gasteiger partial charge in [-0.1, -0.05) is 0 Å². The zero-order chi connectivity index (χ0) is 5.54. The fourth-order valence-corrected chi connectivity index (χ4v) is 0.135. The summed E-state index contributed by atoms with van der Waals surface area (Å²) < 4.78 is 9.46. The van der Waals surface area contributed by atoms with Crippen LogP contribution in [0.2, 0.25) is 6.82 Å². The first-order valence-corrected chi connectivity index (χ1v) is 1.91. The Kier molecular flexibility index (Phi) is 5.72. The normalized spacial score (nSPS) is 7.57. The molecule has 1 radical (unpaired) electrons. The molecule has 5 heteroatoms. The van der Waals surface area contributed by atoms with E-state index >= 15 is 0 Å². The zero-order valence-corrected chi connectivity index (χ0v) is 4.09. The average molecular weight is 98.7 g/mol. The van der Waals surface area contributed by atoms with E-state index in [2.05, 4.69) is 9.69 Å². The van der Waals surface area contributed by atoms with E-state index in [1.54, 1.807) is 6.82 Å². The summed E-state index contributed by atoms with van der Waals surface area (Å²) in [5, 5.41) is 0. The Hall–Kier alpha value is -0.150. The van der Waals surface area contributed by atoms with Gasteiger partial charge in [0.25, 0.3) is 0 Å². The molecule has 0 unspecified atom stereocenters. The summed E-state index contributed by atoms with van der Waals surface area (Å²) in [6.45, 7) is 1.65. The Bertz CT molecular complexity index is 48.2. The first-order chi connectivity index (χ1) is 3.41. The zero-order valence-electron chi connectivity index (χ0n) is 4.09. The van der Waals surface area contributed by atoms with Crippen molar-refractivity contribution in [3.8, 4) is 0 Å². The molecule has 0 aliphatic carbocycles. The van der Waals surface area contributed by atoms with E-state index in [0.29, 0.717) is 7.15 Å². The van der Waals surface area contributed by atoms with Gasteiger partial charge in [-0.2, -0.15) is 0 Å². The first kappa shape index (κ1) is 6.85. The van der Waals surface area contributed by atoms with Crippen LogP contribution in [0.15, 0.2) is 0 Å². The molecule has 0 amide bonds. The van der Waals surface area contributed by atoms with Gasteiger partial charge in [0.2, 0.25) is 0 Å². The fraction of sp³-hybridized carbons (Fsp3) is 1.00. The van der Waals surface area contributed by atoms with Gasteiger partial charge in [0, 0.05) is 0 Å². The minimum absolute atomic E-state index is 0.00958. The SMILES string of the molecule is C[B]OOCB=O. The third-order valence-corrected chi connectivity index (χ3v) is 0.300. The molecule has 0 rings (SSSR count). The van der Waals surface area contributed by atoms with E-state index in [0.717, 1.165) is 0 Å². The van der Waals surface area contributed by atoms with Crippen molar-refractivity contribution in [3.05, 3.63) is 0 Å². The van der Waals surface area contributed by atoms with Crippen molar-refractivity contribution in [2.75, 3.05) is 6.51 Å². The molecule has 3 nitrogen and oxygen atoms in total. The quantitative estimate of drug-likeness (QED) is 0.208. The monoisotopic (exact) mass is 99.0 g/mol. The van der Waals surface area contributed by atoms with Gasteiger partial charge >= 0.3 is 42.4 Å². The third kappa shape index (κ3) is 5.85. The maximum absolute atomic E-state index is 9.46. The average Bonchev–Trinajstić information content (AvgIpc) is 1.69. The maximum atomic E-state index is 9.46. The molecule has 0 aromatic carbocycles. The van der Waals surface area contributed by atoms with Crippen LogP contribution in [-0.2, 0) is 14.4 Å². The molecule has 0 atom stereocenters. The van der Waals surface area contributed by atoms with Crippen LogP contribution in [0.3, 0.4) is 0 Å². The summed E-state index contributed by atoms with van der Waals surface area (Å²) in [6.07, 6.45) is 0. The standard InChI is InChI=1S/C2H5B2O3/c1-3-7-6-2-4-5/h2H2,1H3. The molecule has 37 valence electrons. The van der Waals surface area contributed by atoms with Crippen LogP contribution >= 0.6 is 0 Å². The summed E-state index contributed by atoms with van der Waals surface area (Å²) in [6, 6.07) is 0. The predicted molar refractivity (Wildman–Crippen MR) is 25.1 cm³/mol. The van der Waals surface area contributed by atoms with Gasteiger partial charge in [-0.05, 0) is 0 Å². The number of hydrogen-bond donors (Lipinski definition) is 0. The summed E-state index contributed by atoms with van der Waals surface area (Å²) >= 11 is 0. The molecule has 0 spiro atoms. The second kappa shape index (κ2) is 5.85. The second-order valence-corrected chi connectivity index (χ2v) is 0.783. The van der Waals surface area contributed by atoms with Gasteiger partial charge in [0.1, 0.15) is 0 Å². The molecule has 0 N–H and O–H groups in total. The van der Waals surface area contributed by atoms with E-state index in [9.17, 15) is 4.70 Å². The molecule has 0 aromatic rings. The molecule has 0 bridgehead atoms. The third-order valence-electron chi connectivity index (χ3n) is 0.300. The van der Waals surface area contributed by atoms with Gasteiger partial charge in [-0.15, -0.1) is 0 Å². The van der Waals surface area contributed by atoms with Crippen molar-refractivity contribution in [2.24, 2.45) is 0 Å². The predicted octanol–water partition coefficient (Wildman–Crippen LogP) is -0.391. The van der Waals surface area contributed by atoms with E-state index in [1.807, 2.05) is 0 Å². The van der Waals surface area contributed by atoms with Crippen molar-refractivity contribution in [1.82, 2.24) is 0 Å². The van der Waals surface area contributed by atoms with Crippen LogP contribution in [0.1, 0.15) is 0 Å². The van der Waals surface area contributed by atoms with E-state index < -0.39 is 0 Å². The fourth-order valence-electron chi connectivity index (χ4n) is 0.135. The minimum atomic E-state index is -0.00958. The Labute approximate surface area is 43.4 Å². The Morgan fingerprint density at radius 2 is 2.43 bits per heavy atom. The molecule has 0 aliphatic heterocycles. The van der Waals surface area contributed by atoms with E-state index in [1.165, 1.54) is 7.48 Å². The van der Waals surface area contributed by atoms with Crippen molar-refractivity contribution in [2.45, 2.75) is 6.82 Å². The molecule has 0 saturated carbocycles. The van der Waals surface area contributed by atoms with Crippen LogP contribution in [0.4, 0.5) is 0 Å². The second-order valence-electron chi connectivity index (χ2n) is 0.783. The van der Waals surface area contributed by atoms with Gasteiger partial charge < -0.3 is 0 Å². The van der Waals surface area contributed by atoms with Crippen LogP contribution in [0.25, 0.3) is 0 Å². The molecule has 0 fully saturated rings. The summed E-state index contributed by atoms with van der Waals surface area (Å²) in [4.78, 5) is 8.43. The van der Waals surface area contributed by atoms with Gasteiger partial charge in [-0.3, -0.25) is 0 Å². The molecular formula is C2H5B2O3. The van der Waals surface area contributed by atoms with Crippen LogP contribution < -0.4 is 0 Å². The molecule has 0 heterocycles. The molecule has 0 saturated heterocycles. The van der Waals surface area contributed by atoms with Gasteiger partial charge in [0.05, 0.1) is 0 Å². The molecule has 0 aromatic heterocycles. The van der Waals surface area contributed by atoms with Crippen molar-refractivity contribution in [3.63, 3.8) is 0 Å². The summed E-state index contributed by atoms with van der Waals surface area (Å²) in [5.41, 5.74) is 0. The Morgan fingerprint density at radius 3 is 2.86 bits per heavy atom. The number of hydrogen-bond acceptors (Lipinski definition) is 3. The molecule has 0 aliphatic rings. The topological polar surface area (TPSA) is 35.5 Å². The Balaban J connectivity index is 2.56. The first-order valence-electron chi connectivity index (χ1n) is 1.91. The van der Waals surface area contributed by atoms with Crippen molar-refractivity contribution in [1.29, 1.82) is 0 Å². The van der Waals surface area contributed by atoms with Crippen molar-refractivity contribution >= 4 is 14.6 Å². The van der Waals surface area contributed by atoms with Crippen LogP contribution in [-0.4, -0.2) is 21.1 Å².